The van der Waals surface area contributed by atoms with E-state index in [1.807, 2.05) is 4.72 Å². The zero-order chi connectivity index (χ0) is 16.0. The number of alkyl halides is 2. The van der Waals surface area contributed by atoms with Gasteiger partial charge in [0.15, 0.2) is 5.82 Å². The smallest absolute Gasteiger partial charge is 0.261 e. The molecule has 120 valence electrons. The molecule has 0 saturated heterocycles. The van der Waals surface area contributed by atoms with Gasteiger partial charge in [-0.1, -0.05) is 0 Å². The van der Waals surface area contributed by atoms with E-state index in [0.29, 0.717) is 12.1 Å². The standard InChI is InChI=1S/C11H13F4NO4S/c12-8-1-2-9(11(15)7(8)5-17)21(18,19)16-3-4-20-6-10(13)14/h1-2,10,16-17H,3-6H2. The van der Waals surface area contributed by atoms with Crippen LogP contribution >= 0.6 is 0 Å². The van der Waals surface area contributed by atoms with Crippen molar-refractivity contribution in [3.63, 3.8) is 0 Å². The van der Waals surface area contributed by atoms with Crippen LogP contribution in [0.2, 0.25) is 0 Å². The molecule has 0 aromatic heterocycles. The van der Waals surface area contributed by atoms with Crippen molar-refractivity contribution in [3.05, 3.63) is 29.3 Å². The third-order valence-electron chi connectivity index (χ3n) is 2.38. The predicted molar refractivity (Wildman–Crippen MR) is 64.3 cm³/mol. The summed E-state index contributed by atoms with van der Waals surface area (Å²) in [6, 6.07) is 1.41. The minimum Gasteiger partial charge on any atom is -0.391 e. The van der Waals surface area contributed by atoms with Crippen LogP contribution in [0.15, 0.2) is 17.0 Å². The Morgan fingerprint density at radius 2 is 1.95 bits per heavy atom. The van der Waals surface area contributed by atoms with E-state index in [2.05, 4.69) is 4.74 Å². The van der Waals surface area contributed by atoms with Crippen LogP contribution in [0.25, 0.3) is 0 Å². The molecule has 0 bridgehead atoms. The van der Waals surface area contributed by atoms with Crippen molar-refractivity contribution in [2.24, 2.45) is 0 Å². The van der Waals surface area contributed by atoms with Crippen molar-refractivity contribution < 1.29 is 35.8 Å². The number of ether oxygens (including phenoxy) is 1. The average molecular weight is 331 g/mol. The minimum absolute atomic E-state index is 0.334. The number of benzene rings is 1. The Bertz CT molecular complexity index is 580. The van der Waals surface area contributed by atoms with E-state index in [1.165, 1.54) is 0 Å². The molecule has 0 fully saturated rings. The lowest BCUT2D eigenvalue weighted by Crippen LogP contribution is -2.29. The molecule has 1 aromatic rings. The summed E-state index contributed by atoms with van der Waals surface area (Å²) in [6.45, 7) is -2.54. The zero-order valence-corrected chi connectivity index (χ0v) is 11.5. The Kier molecular flexibility index (Phi) is 6.52. The predicted octanol–water partition coefficient (Wildman–Crippen LogP) is 1.02. The fourth-order valence-electron chi connectivity index (χ4n) is 1.43. The molecule has 0 saturated carbocycles. The van der Waals surface area contributed by atoms with E-state index in [-0.39, 0.29) is 13.2 Å². The maximum absolute atomic E-state index is 13.8. The molecule has 0 aliphatic carbocycles. The minimum atomic E-state index is -4.31. The van der Waals surface area contributed by atoms with Crippen LogP contribution in [-0.4, -0.2) is 39.7 Å². The van der Waals surface area contributed by atoms with Gasteiger partial charge in [-0.05, 0) is 12.1 Å². The first-order valence-corrected chi connectivity index (χ1v) is 7.21. The molecular weight excluding hydrogens is 318 g/mol. The van der Waals surface area contributed by atoms with Gasteiger partial charge in [-0.3, -0.25) is 0 Å². The number of nitrogens with one attached hydrogen (secondary N) is 1. The molecule has 0 aliphatic heterocycles. The van der Waals surface area contributed by atoms with Crippen molar-refractivity contribution >= 4 is 10.0 Å². The second-order valence-corrected chi connectivity index (χ2v) is 5.60. The molecule has 0 radical (unpaired) electrons. The van der Waals surface area contributed by atoms with E-state index in [4.69, 9.17) is 5.11 Å². The monoisotopic (exact) mass is 331 g/mol. The maximum Gasteiger partial charge on any atom is 0.261 e. The van der Waals surface area contributed by atoms with Crippen molar-refractivity contribution in [2.45, 2.75) is 17.9 Å². The molecule has 1 aromatic carbocycles. The summed E-state index contributed by atoms with van der Waals surface area (Å²) in [5.74, 6) is -2.48. The van der Waals surface area contributed by atoms with Crippen molar-refractivity contribution in [2.75, 3.05) is 19.8 Å². The lowest BCUT2D eigenvalue weighted by atomic mass is 10.2. The highest BCUT2D eigenvalue weighted by molar-refractivity contribution is 7.89. The fourth-order valence-corrected chi connectivity index (χ4v) is 2.54. The molecule has 0 heterocycles. The summed E-state index contributed by atoms with van der Waals surface area (Å²) in [7, 11) is -4.31. The Hall–Kier alpha value is -1.23. The highest BCUT2D eigenvalue weighted by Gasteiger charge is 2.23. The summed E-state index contributed by atoms with van der Waals surface area (Å²) in [6.07, 6.45) is -2.68. The molecule has 5 nitrogen and oxygen atoms in total. The zero-order valence-electron chi connectivity index (χ0n) is 10.7. The molecular formula is C11H13F4NO4S. The number of aliphatic hydroxyl groups is 1. The van der Waals surface area contributed by atoms with Gasteiger partial charge in [0, 0.05) is 6.54 Å². The van der Waals surface area contributed by atoms with Crippen LogP contribution in [0, 0.1) is 11.6 Å². The molecule has 0 spiro atoms. The fraction of sp³-hybridized carbons (Fsp3) is 0.455. The lowest BCUT2D eigenvalue weighted by Gasteiger charge is -2.10. The van der Waals surface area contributed by atoms with Crippen LogP contribution < -0.4 is 4.72 Å². The molecule has 0 atom stereocenters. The number of hydrogen-bond donors (Lipinski definition) is 2. The molecule has 0 amide bonds. The van der Waals surface area contributed by atoms with Gasteiger partial charge in [-0.25, -0.2) is 30.7 Å². The van der Waals surface area contributed by atoms with Crippen molar-refractivity contribution in [1.82, 2.24) is 4.72 Å². The first kappa shape index (κ1) is 17.8. The molecule has 0 aliphatic rings. The van der Waals surface area contributed by atoms with Gasteiger partial charge in [0.1, 0.15) is 17.3 Å². The first-order valence-electron chi connectivity index (χ1n) is 5.73. The normalized spacial score (nSPS) is 12.1. The molecule has 21 heavy (non-hydrogen) atoms. The third-order valence-corrected chi connectivity index (χ3v) is 3.86. The topological polar surface area (TPSA) is 75.6 Å². The SMILES string of the molecule is O=S(=O)(NCCOCC(F)F)c1ccc(F)c(CO)c1F. The van der Waals surface area contributed by atoms with E-state index in [0.717, 1.165) is 0 Å². The van der Waals surface area contributed by atoms with Crippen LogP contribution in [0.1, 0.15) is 5.56 Å². The number of rotatable bonds is 8. The summed E-state index contributed by atoms with van der Waals surface area (Å²) < 4.78 is 80.3. The summed E-state index contributed by atoms with van der Waals surface area (Å²) in [5, 5.41) is 8.80. The first-order chi connectivity index (χ1) is 9.79. The van der Waals surface area contributed by atoms with Crippen LogP contribution in [0.3, 0.4) is 0 Å². The Balaban J connectivity index is 2.75. The van der Waals surface area contributed by atoms with E-state index < -0.39 is 51.8 Å². The second kappa shape index (κ2) is 7.69. The molecule has 0 unspecified atom stereocenters. The number of sulfonamides is 1. The van der Waals surface area contributed by atoms with E-state index in [9.17, 15) is 26.0 Å². The molecule has 10 heteroatoms. The number of aliphatic hydroxyl groups excluding tert-OH is 1. The summed E-state index contributed by atoms with van der Waals surface area (Å²) >= 11 is 0. The average Bonchev–Trinajstić information content (AvgIpc) is 2.38. The summed E-state index contributed by atoms with van der Waals surface area (Å²) in [5.41, 5.74) is -0.771. The Morgan fingerprint density at radius 3 is 2.52 bits per heavy atom. The van der Waals surface area contributed by atoms with Crippen molar-refractivity contribution in [1.29, 1.82) is 0 Å². The van der Waals surface area contributed by atoms with Crippen molar-refractivity contribution in [3.8, 4) is 0 Å². The largest absolute Gasteiger partial charge is 0.391 e. The highest BCUT2D eigenvalue weighted by Crippen LogP contribution is 2.20. The number of halogens is 4. The van der Waals surface area contributed by atoms with Gasteiger partial charge >= 0.3 is 0 Å². The van der Waals surface area contributed by atoms with Crippen LogP contribution in [0.5, 0.6) is 0 Å². The quantitative estimate of drug-likeness (QED) is 0.551. The Morgan fingerprint density at radius 1 is 1.29 bits per heavy atom. The lowest BCUT2D eigenvalue weighted by molar-refractivity contribution is 0.0199. The van der Waals surface area contributed by atoms with Gasteiger partial charge in [-0.2, -0.15) is 0 Å². The number of hydrogen-bond acceptors (Lipinski definition) is 4. The van der Waals surface area contributed by atoms with Gasteiger partial charge in [0.25, 0.3) is 6.43 Å². The van der Waals surface area contributed by atoms with Gasteiger partial charge in [0.2, 0.25) is 10.0 Å². The van der Waals surface area contributed by atoms with Gasteiger partial charge in [-0.15, -0.1) is 0 Å². The third kappa shape index (κ3) is 4.92. The molecule has 1 rings (SSSR count). The molecule has 2 N–H and O–H groups in total. The maximum atomic E-state index is 13.8. The van der Waals surface area contributed by atoms with Crippen LogP contribution in [0.4, 0.5) is 17.6 Å². The van der Waals surface area contributed by atoms with E-state index in [1.54, 1.807) is 0 Å². The van der Waals surface area contributed by atoms with Gasteiger partial charge in [0.05, 0.1) is 18.8 Å². The second-order valence-electron chi connectivity index (χ2n) is 3.86. The highest BCUT2D eigenvalue weighted by atomic mass is 32.2. The van der Waals surface area contributed by atoms with Crippen LogP contribution in [-0.2, 0) is 21.4 Å². The van der Waals surface area contributed by atoms with E-state index >= 15 is 0 Å². The Labute approximate surface area is 118 Å². The summed E-state index contributed by atoms with van der Waals surface area (Å²) in [4.78, 5) is -0.846. The van der Waals surface area contributed by atoms with Gasteiger partial charge < -0.3 is 9.84 Å².